The number of thioether (sulfide) groups is 1. The average Bonchev–Trinajstić information content (AvgIpc) is 2.38. The predicted octanol–water partition coefficient (Wildman–Crippen LogP) is 2.58. The Morgan fingerprint density at radius 3 is 2.63 bits per heavy atom. The van der Waals surface area contributed by atoms with E-state index in [4.69, 9.17) is 5.73 Å². The maximum Gasteiger partial charge on any atom is 0.237 e. The molecule has 0 aliphatic rings. The monoisotopic (exact) mass is 344 g/mol. The first-order valence-electron chi connectivity index (χ1n) is 6.32. The van der Waals surface area contributed by atoms with E-state index in [2.05, 4.69) is 33.4 Å². The van der Waals surface area contributed by atoms with Crippen molar-refractivity contribution in [1.29, 1.82) is 0 Å². The fourth-order valence-electron chi connectivity index (χ4n) is 1.75. The number of carbonyl (C=O) groups is 1. The molecule has 5 heteroatoms. The highest BCUT2D eigenvalue weighted by molar-refractivity contribution is 9.10. The Morgan fingerprint density at radius 1 is 1.42 bits per heavy atom. The highest BCUT2D eigenvalue weighted by Gasteiger charge is 2.15. The van der Waals surface area contributed by atoms with Crippen LogP contribution in [0.3, 0.4) is 0 Å². The minimum absolute atomic E-state index is 0.0568. The predicted molar refractivity (Wildman–Crippen MR) is 86.4 cm³/mol. The zero-order valence-electron chi connectivity index (χ0n) is 11.4. The van der Waals surface area contributed by atoms with E-state index in [1.54, 1.807) is 11.8 Å². The Labute approximate surface area is 127 Å². The molecule has 3 N–H and O–H groups in total. The van der Waals surface area contributed by atoms with Gasteiger partial charge in [0, 0.05) is 10.5 Å². The molecule has 19 heavy (non-hydrogen) atoms. The Balaban J connectivity index is 2.39. The maximum atomic E-state index is 11.9. The average molecular weight is 345 g/mol. The van der Waals surface area contributed by atoms with Crippen LogP contribution in [0.25, 0.3) is 0 Å². The van der Waals surface area contributed by atoms with Crippen molar-refractivity contribution in [3.8, 4) is 0 Å². The number of rotatable bonds is 7. The van der Waals surface area contributed by atoms with Gasteiger partial charge in [-0.25, -0.2) is 0 Å². The van der Waals surface area contributed by atoms with E-state index in [0.29, 0.717) is 0 Å². The topological polar surface area (TPSA) is 55.1 Å². The van der Waals surface area contributed by atoms with Gasteiger partial charge in [-0.2, -0.15) is 11.8 Å². The second kappa shape index (κ2) is 8.61. The summed E-state index contributed by atoms with van der Waals surface area (Å²) in [5, 5.41) is 2.97. The Hall–Kier alpha value is -0.520. The van der Waals surface area contributed by atoms with Crippen molar-refractivity contribution in [3.05, 3.63) is 34.3 Å². The normalized spacial score (nSPS) is 13.9. The second-order valence-electron chi connectivity index (χ2n) is 4.63. The van der Waals surface area contributed by atoms with E-state index < -0.39 is 6.04 Å². The first kappa shape index (κ1) is 16.5. The van der Waals surface area contributed by atoms with Crippen LogP contribution in [0.4, 0.5) is 0 Å². The van der Waals surface area contributed by atoms with Gasteiger partial charge in [-0.3, -0.25) is 4.79 Å². The van der Waals surface area contributed by atoms with Crippen molar-refractivity contribution >= 4 is 33.6 Å². The molecule has 3 nitrogen and oxygen atoms in total. The van der Waals surface area contributed by atoms with Gasteiger partial charge < -0.3 is 11.1 Å². The summed E-state index contributed by atoms with van der Waals surface area (Å²) in [5.41, 5.74) is 7.04. The molecule has 1 rings (SSSR count). The summed E-state index contributed by atoms with van der Waals surface area (Å²) >= 11 is 5.11. The van der Waals surface area contributed by atoms with Crippen LogP contribution in [0.5, 0.6) is 0 Å². The molecule has 0 saturated carbocycles. The third kappa shape index (κ3) is 6.45. The van der Waals surface area contributed by atoms with Crippen LogP contribution in [0, 0.1) is 0 Å². The van der Waals surface area contributed by atoms with Crippen molar-refractivity contribution in [3.63, 3.8) is 0 Å². The lowest BCUT2D eigenvalue weighted by Gasteiger charge is -2.17. The van der Waals surface area contributed by atoms with Gasteiger partial charge in [-0.15, -0.1) is 0 Å². The number of nitrogens with two attached hydrogens (primary N) is 1. The zero-order chi connectivity index (χ0) is 14.3. The summed E-state index contributed by atoms with van der Waals surface area (Å²) in [7, 11) is 0. The van der Waals surface area contributed by atoms with Crippen molar-refractivity contribution < 1.29 is 4.79 Å². The Bertz CT molecular complexity index is 397. The molecule has 0 aliphatic carbocycles. The summed E-state index contributed by atoms with van der Waals surface area (Å²) in [6, 6.07) is 7.82. The second-order valence-corrected chi connectivity index (χ2v) is 6.53. The van der Waals surface area contributed by atoms with Crippen LogP contribution >= 0.6 is 27.7 Å². The standard InChI is InChI=1S/C14H21BrN2OS/c1-10(9-11-3-5-12(15)6-4-11)17-14(18)13(16)7-8-19-2/h3-6,10,13H,7-9,16H2,1-2H3,(H,17,18)/t10?,13-/m1/s1. The minimum Gasteiger partial charge on any atom is -0.352 e. The van der Waals surface area contributed by atoms with Gasteiger partial charge >= 0.3 is 0 Å². The van der Waals surface area contributed by atoms with Crippen molar-refractivity contribution in [2.45, 2.75) is 31.8 Å². The lowest BCUT2D eigenvalue weighted by molar-refractivity contribution is -0.122. The molecule has 0 fully saturated rings. The molecule has 0 saturated heterocycles. The molecule has 0 heterocycles. The highest BCUT2D eigenvalue weighted by Crippen LogP contribution is 2.12. The van der Waals surface area contributed by atoms with Gasteiger partial charge in [-0.1, -0.05) is 28.1 Å². The molecule has 1 amide bonds. The van der Waals surface area contributed by atoms with Crippen LogP contribution in [0.2, 0.25) is 0 Å². The molecule has 2 atom stereocenters. The van der Waals surface area contributed by atoms with Crippen LogP contribution in [0.15, 0.2) is 28.7 Å². The first-order valence-corrected chi connectivity index (χ1v) is 8.51. The van der Waals surface area contributed by atoms with Crippen LogP contribution in [0.1, 0.15) is 18.9 Å². The van der Waals surface area contributed by atoms with E-state index in [-0.39, 0.29) is 11.9 Å². The number of halogens is 1. The molecule has 1 aromatic carbocycles. The van der Waals surface area contributed by atoms with E-state index in [0.717, 1.165) is 23.1 Å². The summed E-state index contributed by atoms with van der Waals surface area (Å²) in [5.74, 6) is 0.856. The molecular weight excluding hydrogens is 324 g/mol. The Morgan fingerprint density at radius 2 is 2.05 bits per heavy atom. The molecule has 0 aliphatic heterocycles. The zero-order valence-corrected chi connectivity index (χ0v) is 13.8. The van der Waals surface area contributed by atoms with Gasteiger partial charge in [0.25, 0.3) is 0 Å². The van der Waals surface area contributed by atoms with E-state index in [9.17, 15) is 4.79 Å². The summed E-state index contributed by atoms with van der Waals surface area (Å²) in [6.07, 6.45) is 3.55. The first-order chi connectivity index (χ1) is 9.02. The van der Waals surface area contributed by atoms with Gasteiger partial charge in [0.1, 0.15) is 0 Å². The van der Waals surface area contributed by atoms with Crippen molar-refractivity contribution in [1.82, 2.24) is 5.32 Å². The van der Waals surface area contributed by atoms with E-state index >= 15 is 0 Å². The van der Waals surface area contributed by atoms with Crippen molar-refractivity contribution in [2.24, 2.45) is 5.73 Å². The smallest absolute Gasteiger partial charge is 0.237 e. The van der Waals surface area contributed by atoms with E-state index in [1.165, 1.54) is 5.56 Å². The molecule has 0 bridgehead atoms. The molecule has 0 aromatic heterocycles. The fourth-order valence-corrected chi connectivity index (χ4v) is 2.50. The summed E-state index contributed by atoms with van der Waals surface area (Å²) in [6.45, 7) is 2.00. The van der Waals surface area contributed by atoms with E-state index in [1.807, 2.05) is 25.3 Å². The SMILES string of the molecule is CSCC[C@@H](N)C(=O)NC(C)Cc1ccc(Br)cc1. The number of hydrogen-bond acceptors (Lipinski definition) is 3. The van der Waals surface area contributed by atoms with Crippen LogP contribution in [-0.4, -0.2) is 30.0 Å². The van der Waals surface area contributed by atoms with Gasteiger partial charge in [0.15, 0.2) is 0 Å². The van der Waals surface area contributed by atoms with Gasteiger partial charge in [0.05, 0.1) is 6.04 Å². The lowest BCUT2D eigenvalue weighted by Crippen LogP contribution is -2.45. The number of benzene rings is 1. The molecular formula is C14H21BrN2OS. The summed E-state index contributed by atoms with van der Waals surface area (Å²) < 4.78 is 1.06. The third-order valence-electron chi connectivity index (χ3n) is 2.81. The molecule has 1 unspecified atom stereocenters. The van der Waals surface area contributed by atoms with Crippen LogP contribution in [-0.2, 0) is 11.2 Å². The quantitative estimate of drug-likeness (QED) is 0.799. The number of hydrogen-bond donors (Lipinski definition) is 2. The number of nitrogens with one attached hydrogen (secondary N) is 1. The van der Waals surface area contributed by atoms with Gasteiger partial charge in [0.2, 0.25) is 5.91 Å². The minimum atomic E-state index is -0.403. The number of carbonyl (C=O) groups excluding carboxylic acids is 1. The van der Waals surface area contributed by atoms with Crippen LogP contribution < -0.4 is 11.1 Å². The van der Waals surface area contributed by atoms with Crippen molar-refractivity contribution in [2.75, 3.05) is 12.0 Å². The molecule has 0 spiro atoms. The number of amides is 1. The molecule has 0 radical (unpaired) electrons. The highest BCUT2D eigenvalue weighted by atomic mass is 79.9. The largest absolute Gasteiger partial charge is 0.352 e. The third-order valence-corrected chi connectivity index (χ3v) is 3.99. The fraction of sp³-hybridized carbons (Fsp3) is 0.500. The molecule has 1 aromatic rings. The lowest BCUT2D eigenvalue weighted by atomic mass is 10.1. The summed E-state index contributed by atoms with van der Waals surface area (Å²) in [4.78, 5) is 11.9. The Kier molecular flexibility index (Phi) is 7.49. The van der Waals surface area contributed by atoms with Gasteiger partial charge in [-0.05, 0) is 49.5 Å². The molecule has 106 valence electrons. The maximum absolute atomic E-state index is 11.9.